The third-order valence-electron chi connectivity index (χ3n) is 3.06. The highest BCUT2D eigenvalue weighted by Gasteiger charge is 2.14. The minimum Gasteiger partial charge on any atom is -0.452 e. The number of amides is 2. The van der Waals surface area contributed by atoms with Crippen molar-refractivity contribution in [3.05, 3.63) is 52.5 Å². The van der Waals surface area contributed by atoms with Gasteiger partial charge in [-0.2, -0.15) is 0 Å². The summed E-state index contributed by atoms with van der Waals surface area (Å²) in [5.74, 6) is -1.36. The highest BCUT2D eigenvalue weighted by molar-refractivity contribution is 9.10. The van der Waals surface area contributed by atoms with E-state index in [1.807, 2.05) is 0 Å². The van der Waals surface area contributed by atoms with E-state index in [4.69, 9.17) is 10.5 Å². The molecular formula is C17H16BrN3O4. The number of anilines is 3. The Bertz CT molecular complexity index is 806. The van der Waals surface area contributed by atoms with Crippen LogP contribution >= 0.6 is 15.9 Å². The van der Waals surface area contributed by atoms with Gasteiger partial charge >= 0.3 is 5.97 Å². The van der Waals surface area contributed by atoms with Gasteiger partial charge in [-0.05, 0) is 42.5 Å². The number of carbonyl (C=O) groups is 3. The number of hydrogen-bond donors (Lipinski definition) is 3. The van der Waals surface area contributed by atoms with Crippen molar-refractivity contribution in [1.82, 2.24) is 0 Å². The molecule has 7 nitrogen and oxygen atoms in total. The van der Waals surface area contributed by atoms with Crippen molar-refractivity contribution in [2.75, 3.05) is 23.0 Å². The smallest absolute Gasteiger partial charge is 0.340 e. The lowest BCUT2D eigenvalue weighted by molar-refractivity contribution is -0.119. The maximum Gasteiger partial charge on any atom is 0.340 e. The third-order valence-corrected chi connectivity index (χ3v) is 3.55. The molecule has 0 atom stereocenters. The molecule has 2 rings (SSSR count). The first kappa shape index (κ1) is 18.5. The number of rotatable bonds is 5. The van der Waals surface area contributed by atoms with Crippen LogP contribution in [0.1, 0.15) is 17.3 Å². The molecule has 0 spiro atoms. The number of ether oxygens (including phenoxy) is 1. The van der Waals surface area contributed by atoms with E-state index in [0.29, 0.717) is 15.8 Å². The lowest BCUT2D eigenvalue weighted by atomic mass is 10.2. The first-order valence-corrected chi connectivity index (χ1v) is 8.04. The fourth-order valence-electron chi connectivity index (χ4n) is 1.95. The normalized spacial score (nSPS) is 10.0. The number of benzene rings is 2. The van der Waals surface area contributed by atoms with Crippen LogP contribution in [0.3, 0.4) is 0 Å². The maximum absolute atomic E-state index is 12.0. The van der Waals surface area contributed by atoms with Crippen LogP contribution in [0.25, 0.3) is 0 Å². The summed E-state index contributed by atoms with van der Waals surface area (Å²) in [6.45, 7) is 0.959. The molecule has 0 saturated heterocycles. The van der Waals surface area contributed by atoms with Gasteiger partial charge in [0.2, 0.25) is 5.91 Å². The Morgan fingerprint density at radius 1 is 1.04 bits per heavy atom. The molecular weight excluding hydrogens is 390 g/mol. The predicted molar refractivity (Wildman–Crippen MR) is 98.2 cm³/mol. The summed E-state index contributed by atoms with van der Waals surface area (Å²) in [5, 5.41) is 5.20. The Kier molecular flexibility index (Phi) is 6.13. The zero-order valence-corrected chi connectivity index (χ0v) is 14.9. The first-order valence-electron chi connectivity index (χ1n) is 7.25. The summed E-state index contributed by atoms with van der Waals surface area (Å²) in [5.41, 5.74) is 7.29. The van der Waals surface area contributed by atoms with Crippen molar-refractivity contribution in [2.45, 2.75) is 6.92 Å². The van der Waals surface area contributed by atoms with Gasteiger partial charge in [0, 0.05) is 28.5 Å². The molecule has 0 heterocycles. The Morgan fingerprint density at radius 3 is 2.24 bits per heavy atom. The van der Waals surface area contributed by atoms with Gasteiger partial charge in [0.1, 0.15) is 0 Å². The number of esters is 1. The highest BCUT2D eigenvalue weighted by atomic mass is 79.9. The lowest BCUT2D eigenvalue weighted by Crippen LogP contribution is -2.21. The van der Waals surface area contributed by atoms with Crippen molar-refractivity contribution in [3.8, 4) is 0 Å². The average molecular weight is 406 g/mol. The van der Waals surface area contributed by atoms with Gasteiger partial charge in [-0.15, -0.1) is 0 Å². The van der Waals surface area contributed by atoms with Gasteiger partial charge in [0.05, 0.1) is 5.56 Å². The van der Waals surface area contributed by atoms with Gasteiger partial charge in [0.25, 0.3) is 5.91 Å². The average Bonchev–Trinajstić information content (AvgIpc) is 2.56. The van der Waals surface area contributed by atoms with Crippen LogP contribution in [0.4, 0.5) is 17.1 Å². The molecule has 130 valence electrons. The molecule has 0 fully saturated rings. The van der Waals surface area contributed by atoms with Crippen LogP contribution in [0.2, 0.25) is 0 Å². The van der Waals surface area contributed by atoms with Gasteiger partial charge < -0.3 is 21.1 Å². The summed E-state index contributed by atoms with van der Waals surface area (Å²) in [6, 6.07) is 11.3. The van der Waals surface area contributed by atoms with E-state index in [1.165, 1.54) is 13.0 Å². The minimum absolute atomic E-state index is 0.182. The first-order chi connectivity index (χ1) is 11.8. The van der Waals surface area contributed by atoms with Crippen molar-refractivity contribution < 1.29 is 19.1 Å². The van der Waals surface area contributed by atoms with Gasteiger partial charge in [-0.3, -0.25) is 9.59 Å². The van der Waals surface area contributed by atoms with Gasteiger partial charge in [-0.25, -0.2) is 4.79 Å². The van der Waals surface area contributed by atoms with E-state index in [1.54, 1.807) is 36.4 Å². The number of hydrogen-bond acceptors (Lipinski definition) is 5. The molecule has 2 aromatic carbocycles. The van der Waals surface area contributed by atoms with Crippen molar-refractivity contribution in [3.63, 3.8) is 0 Å². The molecule has 0 aromatic heterocycles. The molecule has 0 aliphatic rings. The second kappa shape index (κ2) is 8.29. The zero-order valence-electron chi connectivity index (χ0n) is 13.3. The van der Waals surface area contributed by atoms with Crippen LogP contribution in [0.15, 0.2) is 46.9 Å². The van der Waals surface area contributed by atoms with E-state index in [-0.39, 0.29) is 17.2 Å². The van der Waals surface area contributed by atoms with Crippen LogP contribution in [-0.2, 0) is 14.3 Å². The Balaban J connectivity index is 1.89. The highest BCUT2D eigenvalue weighted by Crippen LogP contribution is 2.19. The zero-order chi connectivity index (χ0) is 18.4. The second-order valence-electron chi connectivity index (χ2n) is 5.11. The summed E-state index contributed by atoms with van der Waals surface area (Å²) in [7, 11) is 0. The molecule has 8 heteroatoms. The Morgan fingerprint density at radius 2 is 1.64 bits per heavy atom. The minimum atomic E-state index is -0.685. The molecule has 0 aliphatic carbocycles. The molecule has 25 heavy (non-hydrogen) atoms. The van der Waals surface area contributed by atoms with E-state index < -0.39 is 18.5 Å². The molecule has 0 radical (unpaired) electrons. The fourth-order valence-corrected chi connectivity index (χ4v) is 2.31. The topological polar surface area (TPSA) is 111 Å². The van der Waals surface area contributed by atoms with Gasteiger partial charge in [-0.1, -0.05) is 15.9 Å². The summed E-state index contributed by atoms with van der Waals surface area (Å²) in [6.07, 6.45) is 0. The quantitative estimate of drug-likeness (QED) is 0.523. The molecule has 0 aliphatic heterocycles. The van der Waals surface area contributed by atoms with Crippen molar-refractivity contribution >= 4 is 50.8 Å². The monoisotopic (exact) mass is 405 g/mol. The molecule has 0 saturated carbocycles. The summed E-state index contributed by atoms with van der Waals surface area (Å²) >= 11 is 3.24. The van der Waals surface area contributed by atoms with Crippen molar-refractivity contribution in [1.29, 1.82) is 0 Å². The standard InChI is InChI=1S/C17H16BrN3O4/c1-10(22)20-12-3-5-13(6-4-12)21-16(23)9-25-17(24)14-8-11(18)2-7-15(14)19/h2-8H,9,19H2,1H3,(H,20,22)(H,21,23). The number of nitrogens with two attached hydrogens (primary N) is 1. The van der Waals surface area contributed by atoms with Crippen LogP contribution < -0.4 is 16.4 Å². The van der Waals surface area contributed by atoms with Crippen molar-refractivity contribution in [2.24, 2.45) is 0 Å². The Hall–Kier alpha value is -2.87. The number of nitrogens with one attached hydrogen (secondary N) is 2. The molecule has 4 N–H and O–H groups in total. The largest absolute Gasteiger partial charge is 0.452 e. The van der Waals surface area contributed by atoms with E-state index in [9.17, 15) is 14.4 Å². The molecule has 2 aromatic rings. The molecule has 2 amide bonds. The lowest BCUT2D eigenvalue weighted by Gasteiger charge is -2.09. The number of halogens is 1. The molecule has 0 bridgehead atoms. The Labute approximate surface area is 152 Å². The second-order valence-corrected chi connectivity index (χ2v) is 6.03. The predicted octanol–water partition coefficient (Wildman–Crippen LogP) is 2.79. The summed E-state index contributed by atoms with van der Waals surface area (Å²) < 4.78 is 5.64. The van der Waals surface area contributed by atoms with E-state index in [0.717, 1.165) is 0 Å². The van der Waals surface area contributed by atoms with Gasteiger partial charge in [0.15, 0.2) is 6.61 Å². The van der Waals surface area contributed by atoms with Crippen LogP contribution in [-0.4, -0.2) is 24.4 Å². The van der Waals surface area contributed by atoms with E-state index in [2.05, 4.69) is 26.6 Å². The maximum atomic E-state index is 12.0. The van der Waals surface area contributed by atoms with E-state index >= 15 is 0 Å². The third kappa shape index (κ3) is 5.61. The molecule has 0 unspecified atom stereocenters. The number of carbonyl (C=O) groups excluding carboxylic acids is 3. The van der Waals surface area contributed by atoms with Crippen LogP contribution in [0.5, 0.6) is 0 Å². The fraction of sp³-hybridized carbons (Fsp3) is 0.118. The SMILES string of the molecule is CC(=O)Nc1ccc(NC(=O)COC(=O)c2cc(Br)ccc2N)cc1. The summed E-state index contributed by atoms with van der Waals surface area (Å²) in [4.78, 5) is 34.8. The van der Waals surface area contributed by atoms with Crippen LogP contribution in [0, 0.1) is 0 Å². The number of nitrogen functional groups attached to an aromatic ring is 1.